The Kier molecular flexibility index (Phi) is 4.61. The van der Waals surface area contributed by atoms with E-state index in [0.29, 0.717) is 10.6 Å². The van der Waals surface area contributed by atoms with Crippen LogP contribution in [0.2, 0.25) is 5.02 Å². The van der Waals surface area contributed by atoms with Crippen LogP contribution in [0.5, 0.6) is 0 Å². The number of nitrogens with zero attached hydrogens (tertiary/aromatic N) is 2. The highest BCUT2D eigenvalue weighted by Gasteiger charge is 2.19. The molecule has 0 aliphatic carbocycles. The molecule has 1 aliphatic heterocycles. The van der Waals surface area contributed by atoms with Crippen LogP contribution in [0.1, 0.15) is 23.7 Å². The van der Waals surface area contributed by atoms with Crippen LogP contribution in [0, 0.1) is 0 Å². The van der Waals surface area contributed by atoms with E-state index in [0.717, 1.165) is 44.7 Å². The maximum atomic E-state index is 11.1. The first-order valence-electron chi connectivity index (χ1n) is 6.47. The number of piperazine rings is 1. The number of rotatable bonds is 4. The highest BCUT2D eigenvalue weighted by Crippen LogP contribution is 2.26. The molecule has 1 saturated heterocycles. The Morgan fingerprint density at radius 2 is 2.00 bits per heavy atom. The van der Waals surface area contributed by atoms with Gasteiger partial charge in [-0.15, -0.1) is 0 Å². The fourth-order valence-corrected chi connectivity index (χ4v) is 2.66. The monoisotopic (exact) mass is 266 g/mol. The normalized spacial score (nSPS) is 16.9. The zero-order valence-corrected chi connectivity index (χ0v) is 11.5. The average molecular weight is 267 g/mol. The molecular weight excluding hydrogens is 248 g/mol. The molecule has 1 heterocycles. The third-order valence-corrected chi connectivity index (χ3v) is 3.73. The van der Waals surface area contributed by atoms with Crippen molar-refractivity contribution in [2.45, 2.75) is 13.3 Å². The Morgan fingerprint density at radius 1 is 1.28 bits per heavy atom. The van der Waals surface area contributed by atoms with Crippen molar-refractivity contribution in [3.63, 3.8) is 0 Å². The topological polar surface area (TPSA) is 23.6 Å². The van der Waals surface area contributed by atoms with Crippen LogP contribution in [0.4, 0.5) is 5.69 Å². The molecule has 0 atom stereocenters. The molecule has 1 fully saturated rings. The van der Waals surface area contributed by atoms with E-state index < -0.39 is 0 Å². The Hall–Kier alpha value is -1.06. The summed E-state index contributed by atoms with van der Waals surface area (Å²) in [5.74, 6) is 0. The van der Waals surface area contributed by atoms with Gasteiger partial charge in [-0.05, 0) is 25.1 Å². The lowest BCUT2D eigenvalue weighted by atomic mass is 10.1. The first-order chi connectivity index (χ1) is 8.76. The summed E-state index contributed by atoms with van der Waals surface area (Å²) in [7, 11) is 0. The first kappa shape index (κ1) is 13.4. The number of hydrogen-bond acceptors (Lipinski definition) is 3. The lowest BCUT2D eigenvalue weighted by molar-refractivity contribution is 0.112. The molecule has 0 bridgehead atoms. The quantitative estimate of drug-likeness (QED) is 0.783. The van der Waals surface area contributed by atoms with Crippen LogP contribution in [-0.2, 0) is 0 Å². The van der Waals surface area contributed by atoms with Gasteiger partial charge in [-0.3, -0.25) is 9.69 Å². The van der Waals surface area contributed by atoms with Crippen LogP contribution < -0.4 is 4.90 Å². The zero-order chi connectivity index (χ0) is 13.0. The van der Waals surface area contributed by atoms with E-state index in [4.69, 9.17) is 11.6 Å². The molecule has 0 spiro atoms. The van der Waals surface area contributed by atoms with Crippen molar-refractivity contribution in [3.05, 3.63) is 28.8 Å². The van der Waals surface area contributed by atoms with Crippen LogP contribution in [0.15, 0.2) is 18.2 Å². The summed E-state index contributed by atoms with van der Waals surface area (Å²) in [4.78, 5) is 15.8. The van der Waals surface area contributed by atoms with Crippen molar-refractivity contribution in [2.75, 3.05) is 37.6 Å². The van der Waals surface area contributed by atoms with Gasteiger partial charge in [-0.25, -0.2) is 0 Å². The van der Waals surface area contributed by atoms with Crippen molar-refractivity contribution in [3.8, 4) is 0 Å². The van der Waals surface area contributed by atoms with Crippen LogP contribution in [-0.4, -0.2) is 43.9 Å². The highest BCUT2D eigenvalue weighted by atomic mass is 35.5. The SMILES string of the molecule is CCCN1CCN(c2cccc(Cl)c2C=O)CC1. The fourth-order valence-electron chi connectivity index (χ4n) is 2.45. The second kappa shape index (κ2) is 6.21. The smallest absolute Gasteiger partial charge is 0.153 e. The van der Waals surface area contributed by atoms with Gasteiger partial charge in [0, 0.05) is 31.9 Å². The van der Waals surface area contributed by atoms with Crippen LogP contribution in [0.3, 0.4) is 0 Å². The molecule has 0 amide bonds. The molecule has 1 aromatic rings. The molecule has 1 aliphatic rings. The number of aldehydes is 1. The van der Waals surface area contributed by atoms with Gasteiger partial charge in [0.25, 0.3) is 0 Å². The number of halogens is 1. The summed E-state index contributed by atoms with van der Waals surface area (Å²) in [6, 6.07) is 5.65. The number of carbonyl (C=O) groups is 1. The van der Waals surface area contributed by atoms with Gasteiger partial charge < -0.3 is 4.90 Å². The molecule has 2 rings (SSSR count). The van der Waals surface area contributed by atoms with Gasteiger partial charge in [0.15, 0.2) is 6.29 Å². The van der Waals surface area contributed by atoms with Gasteiger partial charge in [0.05, 0.1) is 10.6 Å². The summed E-state index contributed by atoms with van der Waals surface area (Å²) < 4.78 is 0. The summed E-state index contributed by atoms with van der Waals surface area (Å²) in [5, 5.41) is 0.540. The third-order valence-electron chi connectivity index (χ3n) is 3.40. The Labute approximate surface area is 113 Å². The fraction of sp³-hybridized carbons (Fsp3) is 0.500. The summed E-state index contributed by atoms with van der Waals surface area (Å²) >= 11 is 6.06. The predicted octanol–water partition coefficient (Wildman–Crippen LogP) is 2.68. The molecule has 0 aromatic heterocycles. The Bertz CT molecular complexity index is 414. The maximum Gasteiger partial charge on any atom is 0.153 e. The molecule has 0 saturated carbocycles. The van der Waals surface area contributed by atoms with Crippen molar-refractivity contribution < 1.29 is 4.79 Å². The van der Waals surface area contributed by atoms with E-state index in [1.165, 1.54) is 6.42 Å². The number of hydrogen-bond donors (Lipinski definition) is 0. The Morgan fingerprint density at radius 3 is 2.61 bits per heavy atom. The van der Waals surface area contributed by atoms with Gasteiger partial charge >= 0.3 is 0 Å². The summed E-state index contributed by atoms with van der Waals surface area (Å²) in [6.07, 6.45) is 2.05. The van der Waals surface area contributed by atoms with Crippen molar-refractivity contribution >= 4 is 23.6 Å². The molecule has 98 valence electrons. The van der Waals surface area contributed by atoms with E-state index in [9.17, 15) is 4.79 Å². The molecule has 3 nitrogen and oxygen atoms in total. The number of carbonyl (C=O) groups excluding carboxylic acids is 1. The summed E-state index contributed by atoms with van der Waals surface area (Å²) in [5.41, 5.74) is 1.58. The van der Waals surface area contributed by atoms with E-state index in [1.54, 1.807) is 6.07 Å². The standard InChI is InChI=1S/C14H19ClN2O/c1-2-6-16-7-9-17(10-8-16)14-5-3-4-13(15)12(14)11-18/h3-5,11H,2,6-10H2,1H3. The van der Waals surface area contributed by atoms with Crippen LogP contribution in [0.25, 0.3) is 0 Å². The van der Waals surface area contributed by atoms with E-state index >= 15 is 0 Å². The van der Waals surface area contributed by atoms with Crippen molar-refractivity contribution in [1.82, 2.24) is 4.90 Å². The van der Waals surface area contributed by atoms with E-state index in [2.05, 4.69) is 16.7 Å². The zero-order valence-electron chi connectivity index (χ0n) is 10.7. The maximum absolute atomic E-state index is 11.1. The van der Waals surface area contributed by atoms with Gasteiger partial charge in [-0.2, -0.15) is 0 Å². The molecule has 1 aromatic carbocycles. The largest absolute Gasteiger partial charge is 0.368 e. The molecule has 4 heteroatoms. The second-order valence-electron chi connectivity index (χ2n) is 4.62. The molecule has 0 unspecified atom stereocenters. The number of anilines is 1. The lowest BCUT2D eigenvalue weighted by Crippen LogP contribution is -2.46. The van der Waals surface area contributed by atoms with E-state index in [1.807, 2.05) is 12.1 Å². The summed E-state index contributed by atoms with van der Waals surface area (Å²) in [6.45, 7) is 7.39. The molecular formula is C14H19ClN2O. The third kappa shape index (κ3) is 2.85. The van der Waals surface area contributed by atoms with Gasteiger partial charge in [0.2, 0.25) is 0 Å². The number of benzene rings is 1. The van der Waals surface area contributed by atoms with Crippen LogP contribution >= 0.6 is 11.6 Å². The molecule has 0 N–H and O–H groups in total. The molecule has 0 radical (unpaired) electrons. The molecule has 18 heavy (non-hydrogen) atoms. The predicted molar refractivity (Wildman–Crippen MR) is 75.8 cm³/mol. The second-order valence-corrected chi connectivity index (χ2v) is 5.03. The average Bonchev–Trinajstić information content (AvgIpc) is 2.40. The minimum Gasteiger partial charge on any atom is -0.368 e. The minimum atomic E-state index is 0.540. The lowest BCUT2D eigenvalue weighted by Gasteiger charge is -2.36. The highest BCUT2D eigenvalue weighted by molar-refractivity contribution is 6.33. The minimum absolute atomic E-state index is 0.540. The van der Waals surface area contributed by atoms with E-state index in [-0.39, 0.29) is 0 Å². The van der Waals surface area contributed by atoms with Gasteiger partial charge in [-0.1, -0.05) is 24.6 Å². The Balaban J connectivity index is 2.10. The first-order valence-corrected chi connectivity index (χ1v) is 6.85. The van der Waals surface area contributed by atoms with Gasteiger partial charge in [0.1, 0.15) is 0 Å². The van der Waals surface area contributed by atoms with Crippen molar-refractivity contribution in [1.29, 1.82) is 0 Å². The van der Waals surface area contributed by atoms with Crippen molar-refractivity contribution in [2.24, 2.45) is 0 Å².